The van der Waals surface area contributed by atoms with Crippen LogP contribution in [0.2, 0.25) is 10.2 Å². The van der Waals surface area contributed by atoms with Crippen LogP contribution in [-0.2, 0) is 16.6 Å². The van der Waals surface area contributed by atoms with E-state index in [4.69, 9.17) is 27.9 Å². The molecule has 0 saturated heterocycles. The van der Waals surface area contributed by atoms with E-state index in [1.165, 1.54) is 18.3 Å². The van der Waals surface area contributed by atoms with Crippen LogP contribution >= 0.6 is 23.2 Å². The molecule has 3 rings (SSSR count). The quantitative estimate of drug-likeness (QED) is 0.396. The molecule has 0 spiro atoms. The van der Waals surface area contributed by atoms with Crippen molar-refractivity contribution in [3.8, 4) is 5.75 Å². The molecule has 30 heavy (non-hydrogen) atoms. The number of benzene rings is 2. The lowest BCUT2D eigenvalue weighted by molar-refractivity contribution is 0.340. The zero-order chi connectivity index (χ0) is 21.7. The number of aromatic nitrogens is 2. The number of nitrogens with zero attached hydrogens (tertiary/aromatic N) is 3. The van der Waals surface area contributed by atoms with Gasteiger partial charge >= 0.3 is 0 Å². The highest BCUT2D eigenvalue weighted by Crippen LogP contribution is 2.20. The van der Waals surface area contributed by atoms with E-state index in [-0.39, 0.29) is 4.90 Å². The average molecular weight is 467 g/mol. The van der Waals surface area contributed by atoms with Crippen molar-refractivity contribution in [2.24, 2.45) is 5.10 Å². The highest BCUT2D eigenvalue weighted by molar-refractivity contribution is 7.89. The molecule has 0 saturated carbocycles. The maximum atomic E-state index is 12.4. The third-order valence-electron chi connectivity index (χ3n) is 4.17. The molecular weight excluding hydrogens is 447 g/mol. The number of halogens is 2. The number of hydrogen-bond acceptors (Lipinski definition) is 5. The number of hydrazone groups is 1. The summed E-state index contributed by atoms with van der Waals surface area (Å²) >= 11 is 12.3. The second-order valence-electron chi connectivity index (χ2n) is 6.33. The minimum Gasteiger partial charge on any atom is -0.494 e. The van der Waals surface area contributed by atoms with Crippen LogP contribution in [0.5, 0.6) is 5.75 Å². The summed E-state index contributed by atoms with van der Waals surface area (Å²) < 4.78 is 31.7. The molecule has 0 aliphatic heterocycles. The van der Waals surface area contributed by atoms with E-state index >= 15 is 0 Å². The second-order valence-corrected chi connectivity index (χ2v) is 8.79. The van der Waals surface area contributed by atoms with Crippen LogP contribution in [0.4, 0.5) is 0 Å². The predicted molar refractivity (Wildman–Crippen MR) is 118 cm³/mol. The molecule has 2 aromatic carbocycles. The highest BCUT2D eigenvalue weighted by atomic mass is 35.5. The molecule has 158 valence electrons. The second kappa shape index (κ2) is 9.51. The Hall–Kier alpha value is -2.55. The fourth-order valence-corrected chi connectivity index (χ4v) is 3.88. The van der Waals surface area contributed by atoms with Gasteiger partial charge < -0.3 is 4.74 Å². The molecule has 1 heterocycles. The molecule has 10 heteroatoms. The smallest absolute Gasteiger partial charge is 0.276 e. The average Bonchev–Trinajstić information content (AvgIpc) is 2.97. The summed E-state index contributed by atoms with van der Waals surface area (Å²) in [7, 11) is -3.82. The summed E-state index contributed by atoms with van der Waals surface area (Å²) in [4.78, 5) is 2.26. The molecule has 0 aliphatic carbocycles. The van der Waals surface area contributed by atoms with Gasteiger partial charge in [0.2, 0.25) is 0 Å². The lowest BCUT2D eigenvalue weighted by Crippen LogP contribution is -2.18. The van der Waals surface area contributed by atoms with Crippen LogP contribution < -0.4 is 9.57 Å². The molecule has 1 aromatic heterocycles. The minimum atomic E-state index is -3.82. The zero-order valence-electron chi connectivity index (χ0n) is 16.3. The molecule has 0 unspecified atom stereocenters. The standard InChI is InChI=1S/C20H20Cl2N4O3S/c1-3-29-17-8-10-18(11-9-17)30(27,28)25-23-12-19-14(2)24-26(20(19)22)13-15-4-6-16(21)7-5-15/h4-12,25H,3,13H2,1-2H3. The Morgan fingerprint density at radius 1 is 1.13 bits per heavy atom. The lowest BCUT2D eigenvalue weighted by Gasteiger charge is -2.06. The molecule has 0 fully saturated rings. The topological polar surface area (TPSA) is 85.6 Å². The van der Waals surface area contributed by atoms with E-state index in [1.807, 2.05) is 19.1 Å². The van der Waals surface area contributed by atoms with E-state index < -0.39 is 10.0 Å². The van der Waals surface area contributed by atoms with Gasteiger partial charge in [-0.2, -0.15) is 18.6 Å². The van der Waals surface area contributed by atoms with Gasteiger partial charge in [-0.1, -0.05) is 35.3 Å². The number of nitrogens with one attached hydrogen (secondary N) is 1. The molecule has 0 atom stereocenters. The van der Waals surface area contributed by atoms with Crippen molar-refractivity contribution in [2.45, 2.75) is 25.3 Å². The summed E-state index contributed by atoms with van der Waals surface area (Å²) in [6.45, 7) is 4.57. The first-order chi connectivity index (χ1) is 14.3. The monoisotopic (exact) mass is 466 g/mol. The maximum Gasteiger partial charge on any atom is 0.276 e. The normalized spacial score (nSPS) is 11.7. The number of hydrogen-bond donors (Lipinski definition) is 1. The third kappa shape index (κ3) is 5.33. The number of aryl methyl sites for hydroxylation is 1. The Balaban J connectivity index is 1.72. The van der Waals surface area contributed by atoms with Crippen molar-refractivity contribution in [1.82, 2.24) is 14.6 Å². The van der Waals surface area contributed by atoms with Gasteiger partial charge in [-0.3, -0.25) is 0 Å². The summed E-state index contributed by atoms with van der Waals surface area (Å²) in [5.41, 5.74) is 2.13. The number of rotatable bonds is 8. The third-order valence-corrected chi connectivity index (χ3v) is 6.06. The zero-order valence-corrected chi connectivity index (χ0v) is 18.7. The molecule has 0 amide bonds. The number of ether oxygens (including phenoxy) is 1. The van der Waals surface area contributed by atoms with Crippen molar-refractivity contribution in [1.29, 1.82) is 0 Å². The van der Waals surface area contributed by atoms with Gasteiger partial charge in [-0.25, -0.2) is 9.51 Å². The molecule has 0 radical (unpaired) electrons. The van der Waals surface area contributed by atoms with Crippen LogP contribution in [-0.4, -0.2) is 31.0 Å². The Kier molecular flexibility index (Phi) is 7.02. The summed E-state index contributed by atoms with van der Waals surface area (Å²) in [6.07, 6.45) is 1.34. The molecular formula is C20H20Cl2N4O3S. The van der Waals surface area contributed by atoms with Crippen LogP contribution in [0.25, 0.3) is 0 Å². The van der Waals surface area contributed by atoms with Crippen molar-refractivity contribution in [2.75, 3.05) is 6.61 Å². The first-order valence-corrected chi connectivity index (χ1v) is 11.3. The Labute approximate surface area is 185 Å². The van der Waals surface area contributed by atoms with Gasteiger partial charge in [0.25, 0.3) is 10.0 Å². The van der Waals surface area contributed by atoms with Crippen LogP contribution in [0.15, 0.2) is 58.5 Å². The molecule has 0 bridgehead atoms. The van der Waals surface area contributed by atoms with E-state index in [1.54, 1.807) is 35.9 Å². The van der Waals surface area contributed by atoms with Gasteiger partial charge in [0.15, 0.2) is 0 Å². The van der Waals surface area contributed by atoms with Gasteiger partial charge in [0.05, 0.1) is 35.5 Å². The van der Waals surface area contributed by atoms with Gasteiger partial charge in [-0.15, -0.1) is 0 Å². The van der Waals surface area contributed by atoms with E-state index in [9.17, 15) is 8.42 Å². The highest BCUT2D eigenvalue weighted by Gasteiger charge is 2.15. The molecule has 1 N–H and O–H groups in total. The maximum absolute atomic E-state index is 12.4. The SMILES string of the molecule is CCOc1ccc(S(=O)(=O)NN=Cc2c(C)nn(Cc3ccc(Cl)cc3)c2Cl)cc1. The van der Waals surface area contributed by atoms with E-state index in [0.29, 0.717) is 40.3 Å². The molecule has 0 aliphatic rings. The van der Waals surface area contributed by atoms with E-state index in [2.05, 4.69) is 15.0 Å². The first kappa shape index (κ1) is 22.1. The number of sulfonamides is 1. The van der Waals surface area contributed by atoms with Gasteiger partial charge in [0.1, 0.15) is 10.9 Å². The Bertz CT molecular complexity index is 1140. The fraction of sp³-hybridized carbons (Fsp3) is 0.200. The van der Waals surface area contributed by atoms with Crippen molar-refractivity contribution in [3.63, 3.8) is 0 Å². The van der Waals surface area contributed by atoms with Crippen molar-refractivity contribution >= 4 is 39.4 Å². The minimum absolute atomic E-state index is 0.0735. The lowest BCUT2D eigenvalue weighted by atomic mass is 10.2. The first-order valence-electron chi connectivity index (χ1n) is 9.05. The van der Waals surface area contributed by atoms with Crippen LogP contribution in [0, 0.1) is 6.92 Å². The fourth-order valence-electron chi connectivity index (χ4n) is 2.68. The van der Waals surface area contributed by atoms with Crippen molar-refractivity contribution in [3.05, 3.63) is 75.5 Å². The van der Waals surface area contributed by atoms with Crippen molar-refractivity contribution < 1.29 is 13.2 Å². The summed E-state index contributed by atoms with van der Waals surface area (Å²) in [5, 5.41) is 9.25. The summed E-state index contributed by atoms with van der Waals surface area (Å²) in [6, 6.07) is 13.4. The van der Waals surface area contributed by atoms with Crippen LogP contribution in [0.3, 0.4) is 0 Å². The molecule has 7 nitrogen and oxygen atoms in total. The van der Waals surface area contributed by atoms with Gasteiger partial charge in [0, 0.05) is 5.02 Å². The Morgan fingerprint density at radius 2 is 1.80 bits per heavy atom. The summed E-state index contributed by atoms with van der Waals surface area (Å²) in [5.74, 6) is 0.593. The predicted octanol–water partition coefficient (Wildman–Crippen LogP) is 4.26. The van der Waals surface area contributed by atoms with Gasteiger partial charge in [-0.05, 0) is 55.8 Å². The largest absolute Gasteiger partial charge is 0.494 e. The van der Waals surface area contributed by atoms with Crippen LogP contribution in [0.1, 0.15) is 23.7 Å². The van der Waals surface area contributed by atoms with E-state index in [0.717, 1.165) is 5.56 Å². The Morgan fingerprint density at radius 3 is 2.43 bits per heavy atom. The molecule has 3 aromatic rings.